The molecule has 1 aromatic heterocycles. The Morgan fingerprint density at radius 3 is 2.55 bits per heavy atom. The average molecular weight is 273 g/mol. The molecule has 0 aliphatic carbocycles. The molecule has 5 heteroatoms. The molecule has 0 bridgehead atoms. The van der Waals surface area contributed by atoms with Gasteiger partial charge in [-0.25, -0.2) is 4.79 Å². The fraction of sp³-hybridized carbons (Fsp3) is 0.200. The molecule has 1 aromatic carbocycles. The molecule has 0 aliphatic rings. The highest BCUT2D eigenvalue weighted by molar-refractivity contribution is 5.85. The second kappa shape index (κ2) is 5.61. The number of hydrogen-bond acceptors (Lipinski definition) is 3. The van der Waals surface area contributed by atoms with Crippen LogP contribution >= 0.6 is 0 Å². The largest absolute Gasteiger partial charge is 0.483 e. The smallest absolute Gasteiger partial charge is 0.352 e. The Labute approximate surface area is 116 Å². The van der Waals surface area contributed by atoms with Gasteiger partial charge in [-0.3, -0.25) is 4.79 Å². The number of rotatable bonds is 4. The molecule has 104 valence electrons. The van der Waals surface area contributed by atoms with Crippen molar-refractivity contribution in [3.8, 4) is 5.75 Å². The predicted octanol–water partition coefficient (Wildman–Crippen LogP) is 1.97. The van der Waals surface area contributed by atoms with Gasteiger partial charge in [0.25, 0.3) is 0 Å². The van der Waals surface area contributed by atoms with E-state index in [4.69, 9.17) is 9.84 Å². The summed E-state index contributed by atoms with van der Waals surface area (Å²) in [6, 6.07) is 8.83. The second-order valence-electron chi connectivity index (χ2n) is 4.58. The quantitative estimate of drug-likeness (QED) is 0.924. The van der Waals surface area contributed by atoms with Crippen LogP contribution in [0.25, 0.3) is 0 Å². The first-order valence-electron chi connectivity index (χ1n) is 6.09. The van der Waals surface area contributed by atoms with Crippen LogP contribution in [-0.2, 0) is 13.7 Å². The summed E-state index contributed by atoms with van der Waals surface area (Å²) in [7, 11) is 1.56. The summed E-state index contributed by atoms with van der Waals surface area (Å²) in [5.74, 6) is -1.01. The van der Waals surface area contributed by atoms with E-state index in [2.05, 4.69) is 0 Å². The predicted molar refractivity (Wildman–Crippen MR) is 74.2 cm³/mol. The topological polar surface area (TPSA) is 68.5 Å². The third kappa shape index (κ3) is 3.06. The number of aromatic carboxylic acids is 1. The van der Waals surface area contributed by atoms with E-state index in [0.29, 0.717) is 0 Å². The van der Waals surface area contributed by atoms with Gasteiger partial charge in [0, 0.05) is 13.1 Å². The van der Waals surface area contributed by atoms with Crippen LogP contribution in [0.3, 0.4) is 0 Å². The van der Waals surface area contributed by atoms with E-state index in [-0.39, 0.29) is 18.1 Å². The Balaban J connectivity index is 2.18. The lowest BCUT2D eigenvalue weighted by molar-refractivity contribution is 0.0685. The number of hydrogen-bond donors (Lipinski definition) is 1. The molecule has 0 spiro atoms. The maximum atomic E-state index is 11.8. The van der Waals surface area contributed by atoms with E-state index in [9.17, 15) is 9.59 Å². The monoisotopic (exact) mass is 273 g/mol. The van der Waals surface area contributed by atoms with Crippen molar-refractivity contribution in [2.75, 3.05) is 0 Å². The van der Waals surface area contributed by atoms with Crippen LogP contribution in [0.2, 0.25) is 0 Å². The Morgan fingerprint density at radius 1 is 1.30 bits per heavy atom. The lowest BCUT2D eigenvalue weighted by Gasteiger charge is -2.09. The maximum Gasteiger partial charge on any atom is 0.352 e. The van der Waals surface area contributed by atoms with Crippen LogP contribution in [0.15, 0.2) is 41.3 Å². The summed E-state index contributed by atoms with van der Waals surface area (Å²) in [4.78, 5) is 22.7. The summed E-state index contributed by atoms with van der Waals surface area (Å²) in [5, 5.41) is 8.91. The summed E-state index contributed by atoms with van der Waals surface area (Å²) in [5.41, 5.74) is 1.58. The van der Waals surface area contributed by atoms with Crippen molar-refractivity contribution >= 4 is 5.97 Å². The normalized spacial score (nSPS) is 10.3. The Bertz CT molecular complexity index is 686. The van der Waals surface area contributed by atoms with Gasteiger partial charge in [-0.2, -0.15) is 0 Å². The van der Waals surface area contributed by atoms with Gasteiger partial charge in [0.05, 0.1) is 6.20 Å². The Morgan fingerprint density at radius 2 is 1.95 bits per heavy atom. The zero-order valence-electron chi connectivity index (χ0n) is 11.3. The number of nitrogens with zero attached hydrogens (tertiary/aromatic N) is 1. The SMILES string of the molecule is Cc1ccc(COc2cn(C)c(C(=O)O)cc2=O)cc1. The van der Waals surface area contributed by atoms with Gasteiger partial charge >= 0.3 is 5.97 Å². The van der Waals surface area contributed by atoms with Gasteiger partial charge < -0.3 is 14.4 Å². The summed E-state index contributed by atoms with van der Waals surface area (Å²) in [6.07, 6.45) is 1.39. The highest BCUT2D eigenvalue weighted by Crippen LogP contribution is 2.10. The number of carbonyl (C=O) groups is 1. The molecule has 5 nitrogen and oxygen atoms in total. The van der Waals surface area contributed by atoms with Crippen LogP contribution < -0.4 is 10.2 Å². The third-order valence-electron chi connectivity index (χ3n) is 2.94. The molecule has 20 heavy (non-hydrogen) atoms. The number of carboxylic acid groups (broad SMARTS) is 1. The van der Waals surface area contributed by atoms with Crippen molar-refractivity contribution in [2.45, 2.75) is 13.5 Å². The van der Waals surface area contributed by atoms with Gasteiger partial charge in [0.1, 0.15) is 12.3 Å². The molecule has 0 atom stereocenters. The van der Waals surface area contributed by atoms with Gasteiger partial charge in [0.15, 0.2) is 5.75 Å². The van der Waals surface area contributed by atoms with E-state index >= 15 is 0 Å². The molecule has 0 amide bonds. The molecule has 1 N–H and O–H groups in total. The maximum absolute atomic E-state index is 11.8. The minimum absolute atomic E-state index is 0.0716. The van der Waals surface area contributed by atoms with E-state index in [0.717, 1.165) is 17.2 Å². The molecule has 0 unspecified atom stereocenters. The molecular formula is C15H15NO4. The molecule has 0 aliphatic heterocycles. The van der Waals surface area contributed by atoms with Gasteiger partial charge in [-0.05, 0) is 12.5 Å². The van der Waals surface area contributed by atoms with Crippen molar-refractivity contribution in [1.82, 2.24) is 4.57 Å². The van der Waals surface area contributed by atoms with E-state index in [1.54, 1.807) is 7.05 Å². The molecular weight excluding hydrogens is 258 g/mol. The molecule has 0 radical (unpaired) electrons. The van der Waals surface area contributed by atoms with Gasteiger partial charge in [-0.15, -0.1) is 0 Å². The first kappa shape index (κ1) is 13.9. The fourth-order valence-corrected chi connectivity index (χ4v) is 1.77. The van der Waals surface area contributed by atoms with E-state index < -0.39 is 11.4 Å². The molecule has 0 saturated carbocycles. The highest BCUT2D eigenvalue weighted by Gasteiger charge is 2.11. The minimum atomic E-state index is -1.14. The van der Waals surface area contributed by atoms with Crippen molar-refractivity contribution in [3.63, 3.8) is 0 Å². The van der Waals surface area contributed by atoms with Crippen LogP contribution in [0.5, 0.6) is 5.75 Å². The number of pyridine rings is 1. The van der Waals surface area contributed by atoms with Crippen LogP contribution in [-0.4, -0.2) is 15.6 Å². The number of carboxylic acids is 1. The molecule has 0 fully saturated rings. The zero-order valence-corrected chi connectivity index (χ0v) is 11.3. The highest BCUT2D eigenvalue weighted by atomic mass is 16.5. The zero-order chi connectivity index (χ0) is 14.7. The van der Waals surface area contributed by atoms with Crippen molar-refractivity contribution < 1.29 is 14.6 Å². The average Bonchev–Trinajstić information content (AvgIpc) is 2.41. The number of aromatic nitrogens is 1. The van der Waals surface area contributed by atoms with Gasteiger partial charge in [0.2, 0.25) is 5.43 Å². The standard InChI is InChI=1S/C15H15NO4/c1-10-3-5-11(6-4-10)9-20-14-8-16(2)12(15(18)19)7-13(14)17/h3-8H,9H2,1-2H3,(H,18,19). The van der Waals surface area contributed by atoms with Crippen LogP contribution in [0, 0.1) is 6.92 Å². The summed E-state index contributed by atoms with van der Waals surface area (Å²) in [6.45, 7) is 2.26. The first-order valence-corrected chi connectivity index (χ1v) is 6.09. The van der Waals surface area contributed by atoms with Crippen molar-refractivity contribution in [2.24, 2.45) is 7.05 Å². The fourth-order valence-electron chi connectivity index (χ4n) is 1.77. The van der Waals surface area contributed by atoms with Crippen LogP contribution in [0.1, 0.15) is 21.6 Å². The van der Waals surface area contributed by atoms with Crippen LogP contribution in [0.4, 0.5) is 0 Å². The van der Waals surface area contributed by atoms with Crippen molar-refractivity contribution in [1.29, 1.82) is 0 Å². The van der Waals surface area contributed by atoms with E-state index in [1.165, 1.54) is 10.8 Å². The van der Waals surface area contributed by atoms with E-state index in [1.807, 2.05) is 31.2 Å². The summed E-state index contributed by atoms with van der Waals surface area (Å²) >= 11 is 0. The number of ether oxygens (including phenoxy) is 1. The lowest BCUT2D eigenvalue weighted by atomic mass is 10.2. The Hall–Kier alpha value is -2.56. The van der Waals surface area contributed by atoms with Crippen molar-refractivity contribution in [3.05, 3.63) is 63.6 Å². The minimum Gasteiger partial charge on any atom is -0.483 e. The molecule has 0 saturated heterocycles. The lowest BCUT2D eigenvalue weighted by Crippen LogP contribution is -2.16. The number of benzene rings is 1. The Kier molecular flexibility index (Phi) is 3.89. The second-order valence-corrected chi connectivity index (χ2v) is 4.58. The third-order valence-corrected chi connectivity index (χ3v) is 2.94. The first-order chi connectivity index (χ1) is 9.47. The molecule has 1 heterocycles. The molecule has 2 aromatic rings. The summed E-state index contributed by atoms with van der Waals surface area (Å²) < 4.78 is 6.81. The molecule has 2 rings (SSSR count). The number of aryl methyl sites for hydroxylation is 2. The van der Waals surface area contributed by atoms with Gasteiger partial charge in [-0.1, -0.05) is 29.8 Å².